The van der Waals surface area contributed by atoms with Gasteiger partial charge in [0.2, 0.25) is 5.56 Å². The average Bonchev–Trinajstić information content (AvgIpc) is 2.95. The summed E-state index contributed by atoms with van der Waals surface area (Å²) in [7, 11) is 1.92. The number of likely N-dealkylation sites (tertiary alicyclic amines) is 1. The first kappa shape index (κ1) is 15.2. The lowest BCUT2D eigenvalue weighted by atomic mass is 10.1. The predicted molar refractivity (Wildman–Crippen MR) is 90.2 cm³/mol. The minimum Gasteiger partial charge on any atom is -0.338 e. The first-order chi connectivity index (χ1) is 10.6. The van der Waals surface area contributed by atoms with Crippen LogP contribution in [0.1, 0.15) is 16.8 Å². The van der Waals surface area contributed by atoms with E-state index in [2.05, 4.69) is 26.2 Å². The van der Waals surface area contributed by atoms with Crippen LogP contribution in [0.2, 0.25) is 0 Å². The lowest BCUT2D eigenvalue weighted by Crippen LogP contribution is -2.31. The van der Waals surface area contributed by atoms with E-state index in [9.17, 15) is 9.59 Å². The van der Waals surface area contributed by atoms with E-state index in [4.69, 9.17) is 0 Å². The highest BCUT2D eigenvalue weighted by molar-refractivity contribution is 9.10. The smallest absolute Gasteiger partial charge is 0.254 e. The molecule has 1 amide bonds. The van der Waals surface area contributed by atoms with E-state index in [1.165, 1.54) is 6.07 Å². The SMILES string of the molecule is CNCC1CCN(C(=O)c2cc(=O)[nH]c3ccc(Br)cc23)C1. The second-order valence-corrected chi connectivity index (χ2v) is 6.62. The van der Waals surface area contributed by atoms with Crippen molar-refractivity contribution < 1.29 is 4.79 Å². The molecule has 2 N–H and O–H groups in total. The van der Waals surface area contributed by atoms with E-state index < -0.39 is 0 Å². The molecule has 5 nitrogen and oxygen atoms in total. The monoisotopic (exact) mass is 363 g/mol. The number of halogens is 1. The van der Waals surface area contributed by atoms with Crippen molar-refractivity contribution in [3.05, 3.63) is 44.7 Å². The van der Waals surface area contributed by atoms with Gasteiger partial charge in [0, 0.05) is 34.5 Å². The second-order valence-electron chi connectivity index (χ2n) is 5.70. The number of fused-ring (bicyclic) bond motifs is 1. The molecule has 116 valence electrons. The van der Waals surface area contributed by atoms with Gasteiger partial charge in [-0.1, -0.05) is 15.9 Å². The molecule has 6 heteroatoms. The molecule has 1 aliphatic rings. The van der Waals surface area contributed by atoms with Crippen LogP contribution in [0.3, 0.4) is 0 Å². The molecule has 2 heterocycles. The number of carbonyl (C=O) groups excluding carboxylic acids is 1. The molecule has 0 saturated carbocycles. The zero-order valence-electron chi connectivity index (χ0n) is 12.4. The number of nitrogens with one attached hydrogen (secondary N) is 2. The Labute approximate surface area is 136 Å². The molecule has 1 aliphatic heterocycles. The number of H-pyrrole nitrogens is 1. The van der Waals surface area contributed by atoms with Crippen LogP contribution in [-0.4, -0.2) is 42.5 Å². The molecule has 22 heavy (non-hydrogen) atoms. The summed E-state index contributed by atoms with van der Waals surface area (Å²) in [6.07, 6.45) is 0.997. The molecule has 2 aromatic rings. The summed E-state index contributed by atoms with van der Waals surface area (Å²) in [4.78, 5) is 29.3. The number of hydrogen-bond donors (Lipinski definition) is 2. The van der Waals surface area contributed by atoms with Crippen molar-refractivity contribution in [1.29, 1.82) is 0 Å². The highest BCUT2D eigenvalue weighted by Crippen LogP contribution is 2.24. The van der Waals surface area contributed by atoms with Gasteiger partial charge in [-0.3, -0.25) is 9.59 Å². The largest absolute Gasteiger partial charge is 0.338 e. The van der Waals surface area contributed by atoms with E-state index in [1.54, 1.807) is 0 Å². The number of hydrogen-bond acceptors (Lipinski definition) is 3. The van der Waals surface area contributed by atoms with Crippen LogP contribution in [-0.2, 0) is 0 Å². The summed E-state index contributed by atoms with van der Waals surface area (Å²) < 4.78 is 0.885. The molecule has 1 saturated heterocycles. The zero-order valence-corrected chi connectivity index (χ0v) is 13.9. The summed E-state index contributed by atoms with van der Waals surface area (Å²) in [6, 6.07) is 6.94. The molecule has 1 fully saturated rings. The fourth-order valence-corrected chi connectivity index (χ4v) is 3.41. The normalized spacial score (nSPS) is 18.1. The van der Waals surface area contributed by atoms with Gasteiger partial charge in [0.15, 0.2) is 0 Å². The molecule has 1 unspecified atom stereocenters. The van der Waals surface area contributed by atoms with Gasteiger partial charge in [-0.25, -0.2) is 0 Å². The third-order valence-electron chi connectivity index (χ3n) is 4.10. The van der Waals surface area contributed by atoms with E-state index in [0.29, 0.717) is 17.0 Å². The number of nitrogens with zero attached hydrogens (tertiary/aromatic N) is 1. The number of rotatable bonds is 3. The zero-order chi connectivity index (χ0) is 15.7. The molecule has 1 atom stereocenters. The summed E-state index contributed by atoms with van der Waals surface area (Å²) in [5.74, 6) is 0.418. The molecule has 1 aromatic carbocycles. The molecule has 0 radical (unpaired) electrons. The minimum atomic E-state index is -0.246. The summed E-state index contributed by atoms with van der Waals surface area (Å²) >= 11 is 3.42. The van der Waals surface area contributed by atoms with Crippen molar-refractivity contribution in [2.24, 2.45) is 5.92 Å². The fourth-order valence-electron chi connectivity index (χ4n) is 3.05. The highest BCUT2D eigenvalue weighted by Gasteiger charge is 2.27. The standard InChI is InChI=1S/C16H18BrN3O2/c1-18-8-10-4-5-20(9-10)16(22)13-7-15(21)19-14-3-2-11(17)6-12(13)14/h2-3,6-7,10,18H,4-5,8-9H2,1H3,(H,19,21). The Balaban J connectivity index is 1.97. The third-order valence-corrected chi connectivity index (χ3v) is 4.59. The van der Waals surface area contributed by atoms with Gasteiger partial charge in [-0.05, 0) is 44.1 Å². The van der Waals surface area contributed by atoms with Crippen molar-refractivity contribution >= 4 is 32.7 Å². The number of aromatic nitrogens is 1. The van der Waals surface area contributed by atoms with E-state index in [-0.39, 0.29) is 11.5 Å². The van der Waals surface area contributed by atoms with Gasteiger partial charge < -0.3 is 15.2 Å². The first-order valence-electron chi connectivity index (χ1n) is 7.35. The summed E-state index contributed by atoms with van der Waals surface area (Å²) in [6.45, 7) is 2.39. The molecular formula is C16H18BrN3O2. The number of carbonyl (C=O) groups is 1. The van der Waals surface area contributed by atoms with Crippen molar-refractivity contribution in [2.75, 3.05) is 26.7 Å². The van der Waals surface area contributed by atoms with Crippen LogP contribution in [0.25, 0.3) is 10.9 Å². The molecular weight excluding hydrogens is 346 g/mol. The maximum atomic E-state index is 12.8. The maximum absolute atomic E-state index is 12.8. The third kappa shape index (κ3) is 2.94. The van der Waals surface area contributed by atoms with Crippen LogP contribution in [0.15, 0.2) is 33.5 Å². The molecule has 0 spiro atoms. The van der Waals surface area contributed by atoms with Crippen LogP contribution in [0.5, 0.6) is 0 Å². The van der Waals surface area contributed by atoms with Crippen molar-refractivity contribution in [1.82, 2.24) is 15.2 Å². The van der Waals surface area contributed by atoms with Crippen molar-refractivity contribution in [2.45, 2.75) is 6.42 Å². The summed E-state index contributed by atoms with van der Waals surface area (Å²) in [5.41, 5.74) is 0.916. The minimum absolute atomic E-state index is 0.0622. The summed E-state index contributed by atoms with van der Waals surface area (Å²) in [5, 5.41) is 3.93. The number of aromatic amines is 1. The number of pyridine rings is 1. The average molecular weight is 364 g/mol. The van der Waals surface area contributed by atoms with Gasteiger partial charge in [0.25, 0.3) is 5.91 Å². The molecule has 0 aliphatic carbocycles. The topological polar surface area (TPSA) is 65.2 Å². The van der Waals surface area contributed by atoms with Gasteiger partial charge in [-0.2, -0.15) is 0 Å². The van der Waals surface area contributed by atoms with Gasteiger partial charge in [0.05, 0.1) is 5.56 Å². The number of benzene rings is 1. The Bertz CT molecular complexity index is 772. The van der Waals surface area contributed by atoms with Crippen LogP contribution < -0.4 is 10.9 Å². The van der Waals surface area contributed by atoms with Crippen LogP contribution in [0.4, 0.5) is 0 Å². The fraction of sp³-hybridized carbons (Fsp3) is 0.375. The van der Waals surface area contributed by atoms with Crippen LogP contribution >= 0.6 is 15.9 Å². The Morgan fingerprint density at radius 2 is 2.27 bits per heavy atom. The Kier molecular flexibility index (Phi) is 4.31. The molecule has 1 aromatic heterocycles. The van der Waals surface area contributed by atoms with Crippen LogP contribution in [0, 0.1) is 5.92 Å². The molecule has 0 bridgehead atoms. The Hall–Kier alpha value is -1.66. The maximum Gasteiger partial charge on any atom is 0.254 e. The lowest BCUT2D eigenvalue weighted by Gasteiger charge is -2.17. The quantitative estimate of drug-likeness (QED) is 0.875. The van der Waals surface area contributed by atoms with Gasteiger partial charge in [-0.15, -0.1) is 0 Å². The number of amides is 1. The van der Waals surface area contributed by atoms with E-state index in [0.717, 1.165) is 35.9 Å². The van der Waals surface area contributed by atoms with E-state index in [1.807, 2.05) is 30.1 Å². The second kappa shape index (κ2) is 6.22. The predicted octanol–water partition coefficient (Wildman–Crippen LogP) is 1.97. The van der Waals surface area contributed by atoms with E-state index >= 15 is 0 Å². The Morgan fingerprint density at radius 3 is 3.05 bits per heavy atom. The van der Waals surface area contributed by atoms with Gasteiger partial charge in [0.1, 0.15) is 0 Å². The van der Waals surface area contributed by atoms with Crippen molar-refractivity contribution in [3.63, 3.8) is 0 Å². The first-order valence-corrected chi connectivity index (χ1v) is 8.14. The lowest BCUT2D eigenvalue weighted by molar-refractivity contribution is 0.0789. The van der Waals surface area contributed by atoms with Gasteiger partial charge >= 0.3 is 0 Å². The Morgan fingerprint density at radius 1 is 1.45 bits per heavy atom. The molecule has 3 rings (SSSR count). The van der Waals surface area contributed by atoms with Crippen molar-refractivity contribution in [3.8, 4) is 0 Å². The highest BCUT2D eigenvalue weighted by atomic mass is 79.9.